The first-order chi connectivity index (χ1) is 10.2. The number of nitrogens with zero attached hydrogens (tertiary/aromatic N) is 3. The van der Waals surface area contributed by atoms with Crippen LogP contribution in [0.5, 0.6) is 5.75 Å². The predicted molar refractivity (Wildman–Crippen MR) is 83.6 cm³/mol. The van der Waals surface area contributed by atoms with Crippen molar-refractivity contribution in [3.8, 4) is 5.75 Å². The van der Waals surface area contributed by atoms with Crippen molar-refractivity contribution in [2.45, 2.75) is 13.5 Å². The fourth-order valence-electron chi connectivity index (χ4n) is 2.50. The zero-order chi connectivity index (χ0) is 14.8. The SMILES string of the molecule is COc1cccc2c(NCc3cn(C)nc3C)nccc12. The Morgan fingerprint density at radius 1 is 1.24 bits per heavy atom. The van der Waals surface area contributed by atoms with Gasteiger partial charge in [-0.05, 0) is 19.1 Å². The molecule has 0 aliphatic carbocycles. The van der Waals surface area contributed by atoms with Crippen molar-refractivity contribution in [2.24, 2.45) is 7.05 Å². The van der Waals surface area contributed by atoms with Crippen molar-refractivity contribution in [1.29, 1.82) is 0 Å². The Hall–Kier alpha value is -2.56. The summed E-state index contributed by atoms with van der Waals surface area (Å²) in [5, 5.41) is 9.85. The summed E-state index contributed by atoms with van der Waals surface area (Å²) < 4.78 is 7.22. The minimum absolute atomic E-state index is 0.697. The lowest BCUT2D eigenvalue weighted by atomic mass is 10.1. The van der Waals surface area contributed by atoms with E-state index in [9.17, 15) is 0 Å². The Kier molecular flexibility index (Phi) is 3.48. The number of rotatable bonds is 4. The third kappa shape index (κ3) is 2.54. The highest BCUT2D eigenvalue weighted by atomic mass is 16.5. The van der Waals surface area contributed by atoms with Gasteiger partial charge in [-0.1, -0.05) is 12.1 Å². The van der Waals surface area contributed by atoms with Gasteiger partial charge >= 0.3 is 0 Å². The number of benzene rings is 1. The maximum Gasteiger partial charge on any atom is 0.134 e. The van der Waals surface area contributed by atoms with E-state index in [1.165, 1.54) is 5.56 Å². The largest absolute Gasteiger partial charge is 0.496 e. The summed E-state index contributed by atoms with van der Waals surface area (Å²) in [4.78, 5) is 4.44. The van der Waals surface area contributed by atoms with Crippen LogP contribution in [0.2, 0.25) is 0 Å². The van der Waals surface area contributed by atoms with E-state index in [1.807, 2.05) is 49.1 Å². The summed E-state index contributed by atoms with van der Waals surface area (Å²) in [6.07, 6.45) is 3.82. The molecule has 0 atom stereocenters. The molecule has 3 rings (SSSR count). The summed E-state index contributed by atoms with van der Waals surface area (Å²) in [6.45, 7) is 2.71. The summed E-state index contributed by atoms with van der Waals surface area (Å²) in [7, 11) is 3.61. The minimum atomic E-state index is 0.697. The van der Waals surface area contributed by atoms with Crippen molar-refractivity contribution in [3.05, 3.63) is 47.9 Å². The average Bonchev–Trinajstić information content (AvgIpc) is 2.82. The lowest BCUT2D eigenvalue weighted by Crippen LogP contribution is -2.02. The lowest BCUT2D eigenvalue weighted by molar-refractivity contribution is 0.420. The second-order valence-corrected chi connectivity index (χ2v) is 4.98. The topological polar surface area (TPSA) is 52.0 Å². The smallest absolute Gasteiger partial charge is 0.134 e. The average molecular weight is 282 g/mol. The number of hydrogen-bond donors (Lipinski definition) is 1. The Morgan fingerprint density at radius 3 is 2.81 bits per heavy atom. The van der Waals surface area contributed by atoms with Crippen LogP contribution in [0.4, 0.5) is 5.82 Å². The van der Waals surface area contributed by atoms with Gasteiger partial charge in [0, 0.05) is 42.3 Å². The summed E-state index contributed by atoms with van der Waals surface area (Å²) >= 11 is 0. The van der Waals surface area contributed by atoms with E-state index in [0.29, 0.717) is 6.54 Å². The van der Waals surface area contributed by atoms with Crippen LogP contribution in [-0.4, -0.2) is 21.9 Å². The number of ether oxygens (including phenoxy) is 1. The standard InChI is InChI=1S/C16H18N4O/c1-11-12(10-20(2)19-11)9-18-16-14-5-4-6-15(21-3)13(14)7-8-17-16/h4-8,10H,9H2,1-3H3,(H,17,18). The third-order valence-electron chi connectivity index (χ3n) is 3.55. The van der Waals surface area contributed by atoms with Gasteiger partial charge in [0.05, 0.1) is 12.8 Å². The van der Waals surface area contributed by atoms with Crippen LogP contribution in [-0.2, 0) is 13.6 Å². The number of aromatic nitrogens is 3. The van der Waals surface area contributed by atoms with Gasteiger partial charge in [-0.15, -0.1) is 0 Å². The molecule has 0 spiro atoms. The first-order valence-corrected chi connectivity index (χ1v) is 6.84. The number of aryl methyl sites for hydroxylation is 2. The number of anilines is 1. The molecule has 0 radical (unpaired) electrons. The zero-order valence-corrected chi connectivity index (χ0v) is 12.4. The Balaban J connectivity index is 1.92. The molecule has 1 N–H and O–H groups in total. The molecular weight excluding hydrogens is 264 g/mol. The highest BCUT2D eigenvalue weighted by Gasteiger charge is 2.08. The predicted octanol–water partition coefficient (Wildman–Crippen LogP) is 2.90. The van der Waals surface area contributed by atoms with Crippen LogP contribution in [0, 0.1) is 6.92 Å². The highest BCUT2D eigenvalue weighted by Crippen LogP contribution is 2.29. The van der Waals surface area contributed by atoms with Gasteiger partial charge in [0.25, 0.3) is 0 Å². The van der Waals surface area contributed by atoms with Crippen LogP contribution >= 0.6 is 0 Å². The number of pyridine rings is 1. The van der Waals surface area contributed by atoms with Gasteiger partial charge in [0.1, 0.15) is 11.6 Å². The molecule has 0 bridgehead atoms. The Morgan fingerprint density at radius 2 is 2.10 bits per heavy atom. The molecule has 108 valence electrons. The van der Waals surface area contributed by atoms with Crippen LogP contribution in [0.15, 0.2) is 36.7 Å². The number of fused-ring (bicyclic) bond motifs is 1. The summed E-state index contributed by atoms with van der Waals surface area (Å²) in [5.74, 6) is 1.71. The van der Waals surface area contributed by atoms with E-state index in [1.54, 1.807) is 13.3 Å². The minimum Gasteiger partial charge on any atom is -0.496 e. The van der Waals surface area contributed by atoms with Gasteiger partial charge < -0.3 is 10.1 Å². The first kappa shape index (κ1) is 13.4. The van der Waals surface area contributed by atoms with Crippen molar-refractivity contribution in [3.63, 3.8) is 0 Å². The Bertz CT molecular complexity index is 779. The molecule has 21 heavy (non-hydrogen) atoms. The normalized spacial score (nSPS) is 10.8. The second-order valence-electron chi connectivity index (χ2n) is 4.98. The maximum absolute atomic E-state index is 5.40. The first-order valence-electron chi connectivity index (χ1n) is 6.84. The number of nitrogens with one attached hydrogen (secondary N) is 1. The fourth-order valence-corrected chi connectivity index (χ4v) is 2.50. The van der Waals surface area contributed by atoms with E-state index in [4.69, 9.17) is 4.74 Å². The Labute approximate surface area is 123 Å². The van der Waals surface area contributed by atoms with E-state index < -0.39 is 0 Å². The second kappa shape index (κ2) is 5.44. The molecule has 2 aromatic heterocycles. The molecule has 1 aromatic carbocycles. The maximum atomic E-state index is 5.40. The van der Waals surface area contributed by atoms with Crippen LogP contribution < -0.4 is 10.1 Å². The molecule has 3 aromatic rings. The van der Waals surface area contributed by atoms with Crippen LogP contribution in [0.1, 0.15) is 11.3 Å². The molecular formula is C16H18N4O. The number of methoxy groups -OCH3 is 1. The quantitative estimate of drug-likeness (QED) is 0.799. The van der Waals surface area contributed by atoms with Crippen molar-refractivity contribution in [1.82, 2.24) is 14.8 Å². The van der Waals surface area contributed by atoms with Crippen molar-refractivity contribution in [2.75, 3.05) is 12.4 Å². The van der Waals surface area contributed by atoms with Gasteiger partial charge in [0.2, 0.25) is 0 Å². The van der Waals surface area contributed by atoms with Crippen LogP contribution in [0.25, 0.3) is 10.8 Å². The molecule has 2 heterocycles. The molecule has 0 aliphatic rings. The zero-order valence-electron chi connectivity index (χ0n) is 12.4. The monoisotopic (exact) mass is 282 g/mol. The van der Waals surface area contributed by atoms with Gasteiger partial charge in [0.15, 0.2) is 0 Å². The fraction of sp³-hybridized carbons (Fsp3) is 0.250. The number of hydrogen-bond acceptors (Lipinski definition) is 4. The molecule has 0 aliphatic heterocycles. The van der Waals surface area contributed by atoms with Gasteiger partial charge in [-0.25, -0.2) is 4.98 Å². The summed E-state index contributed by atoms with van der Waals surface area (Å²) in [6, 6.07) is 7.94. The van der Waals surface area contributed by atoms with Crippen molar-refractivity contribution < 1.29 is 4.74 Å². The van der Waals surface area contributed by atoms with Crippen molar-refractivity contribution >= 4 is 16.6 Å². The van der Waals surface area contributed by atoms with Gasteiger partial charge in [-0.3, -0.25) is 4.68 Å². The van der Waals surface area contributed by atoms with Crippen LogP contribution in [0.3, 0.4) is 0 Å². The molecule has 0 saturated carbocycles. The van der Waals surface area contributed by atoms with E-state index in [0.717, 1.165) is 28.0 Å². The molecule has 5 nitrogen and oxygen atoms in total. The highest BCUT2D eigenvalue weighted by molar-refractivity contribution is 5.95. The van der Waals surface area contributed by atoms with E-state index in [-0.39, 0.29) is 0 Å². The molecule has 5 heteroatoms. The molecule has 0 saturated heterocycles. The summed E-state index contributed by atoms with van der Waals surface area (Å²) in [5.41, 5.74) is 2.20. The van der Waals surface area contributed by atoms with E-state index >= 15 is 0 Å². The molecule has 0 unspecified atom stereocenters. The molecule has 0 amide bonds. The lowest BCUT2D eigenvalue weighted by Gasteiger charge is -2.10. The van der Waals surface area contributed by atoms with E-state index in [2.05, 4.69) is 15.4 Å². The van der Waals surface area contributed by atoms with Gasteiger partial charge in [-0.2, -0.15) is 5.10 Å². The molecule has 0 fully saturated rings. The third-order valence-corrected chi connectivity index (χ3v) is 3.55.